The highest BCUT2D eigenvalue weighted by atomic mass is 32.1. The van der Waals surface area contributed by atoms with E-state index in [0.717, 1.165) is 35.2 Å². The van der Waals surface area contributed by atoms with E-state index in [1.54, 1.807) is 33.9 Å². The topological polar surface area (TPSA) is 59.0 Å². The van der Waals surface area contributed by atoms with Crippen LogP contribution in [0.5, 0.6) is 17.2 Å². The molecule has 150 valence electrons. The maximum atomic E-state index is 6.17. The number of methoxy groups -OCH3 is 3. The molecule has 2 heterocycles. The second kappa shape index (κ2) is 8.45. The molecule has 0 unspecified atom stereocenters. The number of hydrogen-bond donors (Lipinski definition) is 0. The molecule has 0 bridgehead atoms. The minimum atomic E-state index is 0.537. The molecule has 1 aromatic carbocycles. The second-order valence-corrected chi connectivity index (χ2v) is 6.98. The summed E-state index contributed by atoms with van der Waals surface area (Å²) >= 11 is 1.34. The van der Waals surface area contributed by atoms with Gasteiger partial charge in [-0.25, -0.2) is 0 Å². The molecule has 6 nitrogen and oxygen atoms in total. The van der Waals surface area contributed by atoms with Gasteiger partial charge in [-0.05, 0) is 42.1 Å². The fraction of sp³-hybridized carbons (Fsp3) is 0.227. The smallest absolute Gasteiger partial charge is 0.203 e. The van der Waals surface area contributed by atoms with Crippen molar-refractivity contribution in [2.45, 2.75) is 12.8 Å². The zero-order valence-corrected chi connectivity index (χ0v) is 17.2. The lowest BCUT2D eigenvalue weighted by Crippen LogP contribution is -2.04. The zero-order chi connectivity index (χ0) is 20.2. The first-order valence-corrected chi connectivity index (χ1v) is 9.93. The molecule has 0 N–H and O–H groups in total. The van der Waals surface area contributed by atoms with Gasteiger partial charge in [0.25, 0.3) is 0 Å². The predicted octanol–water partition coefficient (Wildman–Crippen LogP) is 5.30. The Balaban J connectivity index is 1.68. The molecule has 2 aliphatic rings. The average molecular weight is 411 g/mol. The fourth-order valence-corrected chi connectivity index (χ4v) is 3.92. The summed E-state index contributed by atoms with van der Waals surface area (Å²) in [5.74, 6) is 2.99. The monoisotopic (exact) mass is 411 g/mol. The normalized spacial score (nSPS) is 15.5. The highest BCUT2D eigenvalue weighted by Crippen LogP contribution is 2.43. The van der Waals surface area contributed by atoms with Crippen molar-refractivity contribution in [3.05, 3.63) is 65.2 Å². The number of allylic oxidation sites excluding steroid dienone is 4. The van der Waals surface area contributed by atoms with E-state index in [9.17, 15) is 0 Å². The van der Waals surface area contributed by atoms with Crippen molar-refractivity contribution in [1.82, 2.24) is 4.37 Å². The van der Waals surface area contributed by atoms with Gasteiger partial charge < -0.3 is 23.7 Å². The Morgan fingerprint density at radius 2 is 1.76 bits per heavy atom. The van der Waals surface area contributed by atoms with Gasteiger partial charge in [0.1, 0.15) is 12.5 Å². The average Bonchev–Trinajstić information content (AvgIpc) is 3.28. The molecule has 1 aromatic heterocycles. The molecule has 0 saturated carbocycles. The Labute approximate surface area is 173 Å². The molecule has 0 radical (unpaired) electrons. The number of benzene rings is 1. The van der Waals surface area contributed by atoms with Gasteiger partial charge in [0.2, 0.25) is 5.75 Å². The summed E-state index contributed by atoms with van der Waals surface area (Å²) in [6, 6.07) is 3.74. The minimum absolute atomic E-state index is 0.537. The van der Waals surface area contributed by atoms with Gasteiger partial charge in [-0.1, -0.05) is 18.2 Å². The summed E-state index contributed by atoms with van der Waals surface area (Å²) < 4.78 is 32.7. The number of rotatable bonds is 6. The molecule has 1 aliphatic heterocycles. The Kier molecular flexibility index (Phi) is 5.57. The van der Waals surface area contributed by atoms with Crippen molar-refractivity contribution in [2.24, 2.45) is 0 Å². The third-order valence-corrected chi connectivity index (χ3v) is 5.30. The highest BCUT2D eigenvalue weighted by Gasteiger charge is 2.23. The van der Waals surface area contributed by atoms with Gasteiger partial charge in [-0.3, -0.25) is 0 Å². The van der Waals surface area contributed by atoms with Crippen LogP contribution < -0.4 is 14.2 Å². The van der Waals surface area contributed by atoms with E-state index >= 15 is 0 Å². The maximum absolute atomic E-state index is 6.17. The molecule has 0 saturated heterocycles. The molecule has 0 amide bonds. The molecule has 0 fully saturated rings. The molecule has 7 heteroatoms. The molecule has 29 heavy (non-hydrogen) atoms. The van der Waals surface area contributed by atoms with Gasteiger partial charge in [-0.2, -0.15) is 4.37 Å². The van der Waals surface area contributed by atoms with E-state index in [0.29, 0.717) is 28.8 Å². The number of aromatic nitrogens is 1. The van der Waals surface area contributed by atoms with E-state index in [2.05, 4.69) is 10.4 Å². The van der Waals surface area contributed by atoms with Crippen LogP contribution in [0.25, 0.3) is 17.0 Å². The summed E-state index contributed by atoms with van der Waals surface area (Å²) in [6.07, 6.45) is 11.3. The van der Waals surface area contributed by atoms with Crippen molar-refractivity contribution in [1.29, 1.82) is 0 Å². The third kappa shape index (κ3) is 3.73. The summed E-state index contributed by atoms with van der Waals surface area (Å²) in [4.78, 5) is 0. The Morgan fingerprint density at radius 1 is 1.00 bits per heavy atom. The SMILES string of the molecule is COc1cc(-c2nscc2C2=COC=C(C3=CC=CCC3)O2)cc(OC)c1OC. The van der Waals surface area contributed by atoms with Crippen LogP contribution in [0.3, 0.4) is 0 Å². The summed E-state index contributed by atoms with van der Waals surface area (Å²) in [5, 5.41) is 1.94. The van der Waals surface area contributed by atoms with Gasteiger partial charge in [-0.15, -0.1) is 0 Å². The highest BCUT2D eigenvalue weighted by molar-refractivity contribution is 7.04. The van der Waals surface area contributed by atoms with Crippen LogP contribution in [0.4, 0.5) is 0 Å². The van der Waals surface area contributed by atoms with Crippen LogP contribution in [-0.4, -0.2) is 25.7 Å². The van der Waals surface area contributed by atoms with E-state index < -0.39 is 0 Å². The first kappa shape index (κ1) is 19.1. The lowest BCUT2D eigenvalue weighted by molar-refractivity contribution is 0.285. The molecule has 2 aromatic rings. The van der Waals surface area contributed by atoms with Crippen LogP contribution in [0.1, 0.15) is 18.4 Å². The van der Waals surface area contributed by atoms with E-state index in [1.165, 1.54) is 11.5 Å². The number of hydrogen-bond acceptors (Lipinski definition) is 7. The largest absolute Gasteiger partial charge is 0.493 e. The van der Waals surface area contributed by atoms with Crippen molar-refractivity contribution in [3.63, 3.8) is 0 Å². The predicted molar refractivity (Wildman–Crippen MR) is 112 cm³/mol. The van der Waals surface area contributed by atoms with Gasteiger partial charge in [0.05, 0.1) is 32.6 Å². The van der Waals surface area contributed by atoms with E-state index in [-0.39, 0.29) is 0 Å². The summed E-state index contributed by atoms with van der Waals surface area (Å²) in [6.45, 7) is 0. The van der Waals surface area contributed by atoms with Gasteiger partial charge in [0, 0.05) is 10.9 Å². The zero-order valence-electron chi connectivity index (χ0n) is 16.4. The molecule has 4 rings (SSSR count). The van der Waals surface area contributed by atoms with Crippen LogP contribution >= 0.6 is 11.5 Å². The van der Waals surface area contributed by atoms with Crippen molar-refractivity contribution < 1.29 is 23.7 Å². The Morgan fingerprint density at radius 3 is 2.41 bits per heavy atom. The van der Waals surface area contributed by atoms with Crippen LogP contribution in [-0.2, 0) is 9.47 Å². The Hall–Kier alpha value is -3.19. The fourth-order valence-electron chi connectivity index (χ4n) is 3.23. The lowest BCUT2D eigenvalue weighted by atomic mass is 10.0. The van der Waals surface area contributed by atoms with E-state index in [1.807, 2.05) is 29.7 Å². The first-order chi connectivity index (χ1) is 14.2. The van der Waals surface area contributed by atoms with Crippen LogP contribution in [0, 0.1) is 0 Å². The summed E-state index contributed by atoms with van der Waals surface area (Å²) in [5.41, 5.74) is 3.52. The quantitative estimate of drug-likeness (QED) is 0.643. The molecular formula is C22H21NO5S. The van der Waals surface area contributed by atoms with Crippen molar-refractivity contribution >= 4 is 17.3 Å². The Bertz CT molecular complexity index is 1010. The molecule has 1 aliphatic carbocycles. The van der Waals surface area contributed by atoms with Gasteiger partial charge >= 0.3 is 0 Å². The maximum Gasteiger partial charge on any atom is 0.203 e. The second-order valence-electron chi connectivity index (χ2n) is 6.35. The van der Waals surface area contributed by atoms with Gasteiger partial charge in [0.15, 0.2) is 23.0 Å². The van der Waals surface area contributed by atoms with Crippen molar-refractivity contribution in [2.75, 3.05) is 21.3 Å². The van der Waals surface area contributed by atoms with E-state index in [4.69, 9.17) is 23.7 Å². The standard InChI is InChI=1S/C22H21NO5S/c1-24-17-9-15(10-18(25-2)22(17)26-3)21-16(13-29-23-21)20-12-27-11-19(28-20)14-7-5-4-6-8-14/h4-5,7,9-13H,6,8H2,1-3H3. The number of nitrogens with zero attached hydrogens (tertiary/aromatic N) is 1. The van der Waals surface area contributed by atoms with Crippen LogP contribution in [0.15, 0.2) is 59.6 Å². The molecular weight excluding hydrogens is 390 g/mol. The first-order valence-electron chi connectivity index (χ1n) is 9.10. The third-order valence-electron chi connectivity index (χ3n) is 4.67. The lowest BCUT2D eigenvalue weighted by Gasteiger charge is -2.20. The summed E-state index contributed by atoms with van der Waals surface area (Å²) in [7, 11) is 4.76. The molecule has 0 atom stereocenters. The van der Waals surface area contributed by atoms with Crippen molar-refractivity contribution in [3.8, 4) is 28.5 Å². The number of ether oxygens (including phenoxy) is 5. The molecule has 0 spiro atoms. The minimum Gasteiger partial charge on any atom is -0.493 e. The van der Waals surface area contributed by atoms with Crippen LogP contribution in [0.2, 0.25) is 0 Å².